The molecular formula is C16H19N3O4S. The Morgan fingerprint density at radius 2 is 1.92 bits per heavy atom. The van der Waals surface area contributed by atoms with Gasteiger partial charge in [-0.05, 0) is 17.7 Å². The lowest BCUT2D eigenvalue weighted by atomic mass is 10.3. The molecule has 1 aromatic carbocycles. The third kappa shape index (κ3) is 6.76. The molecule has 0 fully saturated rings. The van der Waals surface area contributed by atoms with Crippen LogP contribution in [0.3, 0.4) is 0 Å². The van der Waals surface area contributed by atoms with E-state index in [0.29, 0.717) is 18.2 Å². The highest BCUT2D eigenvalue weighted by Gasteiger charge is 2.05. The van der Waals surface area contributed by atoms with Crippen LogP contribution < -0.4 is 14.8 Å². The van der Waals surface area contributed by atoms with Crippen LogP contribution in [0.15, 0.2) is 48.7 Å². The number of aromatic nitrogens is 1. The summed E-state index contributed by atoms with van der Waals surface area (Å²) in [6.07, 6.45) is 2.75. The summed E-state index contributed by atoms with van der Waals surface area (Å²) in [5.74, 6) is 0.925. The zero-order chi connectivity index (χ0) is 17.4. The number of carbonyl (C=O) groups excluding carboxylic acids is 1. The predicted molar refractivity (Wildman–Crippen MR) is 90.1 cm³/mol. The van der Waals surface area contributed by atoms with Crippen LogP contribution in [0.4, 0.5) is 0 Å². The highest BCUT2D eigenvalue weighted by atomic mass is 32.2. The number of para-hydroxylation sites is 1. The van der Waals surface area contributed by atoms with E-state index >= 15 is 0 Å². The van der Waals surface area contributed by atoms with Crippen LogP contribution in [0.2, 0.25) is 0 Å². The van der Waals surface area contributed by atoms with Gasteiger partial charge in [0.2, 0.25) is 21.8 Å². The van der Waals surface area contributed by atoms with E-state index in [1.54, 1.807) is 18.3 Å². The fraction of sp³-hybridized carbons (Fsp3) is 0.250. The maximum Gasteiger partial charge on any atom is 0.221 e. The van der Waals surface area contributed by atoms with Crippen molar-refractivity contribution in [3.05, 3.63) is 54.2 Å². The second-order valence-corrected chi connectivity index (χ2v) is 6.95. The van der Waals surface area contributed by atoms with Gasteiger partial charge in [0.25, 0.3) is 0 Å². The summed E-state index contributed by atoms with van der Waals surface area (Å²) in [6.45, 7) is 0.392. The molecule has 128 valence electrons. The Bertz CT molecular complexity index is 762. The topological polar surface area (TPSA) is 97.4 Å². The van der Waals surface area contributed by atoms with Gasteiger partial charge in [0.1, 0.15) is 5.75 Å². The van der Waals surface area contributed by atoms with Crippen molar-refractivity contribution in [2.75, 3.05) is 12.8 Å². The number of pyridine rings is 1. The van der Waals surface area contributed by atoms with Gasteiger partial charge in [-0.2, -0.15) is 0 Å². The molecule has 0 bridgehead atoms. The number of carbonyl (C=O) groups is 1. The number of ether oxygens (including phenoxy) is 1. The molecule has 2 rings (SSSR count). The van der Waals surface area contributed by atoms with Crippen molar-refractivity contribution < 1.29 is 17.9 Å². The molecular weight excluding hydrogens is 330 g/mol. The summed E-state index contributed by atoms with van der Waals surface area (Å²) < 4.78 is 29.6. The van der Waals surface area contributed by atoms with Gasteiger partial charge in [0.05, 0.1) is 6.26 Å². The van der Waals surface area contributed by atoms with E-state index < -0.39 is 10.0 Å². The molecule has 24 heavy (non-hydrogen) atoms. The molecule has 0 aliphatic heterocycles. The smallest absolute Gasteiger partial charge is 0.221 e. The van der Waals surface area contributed by atoms with Crippen molar-refractivity contribution in [2.24, 2.45) is 0 Å². The summed E-state index contributed by atoms with van der Waals surface area (Å²) >= 11 is 0. The van der Waals surface area contributed by atoms with Crippen LogP contribution in [0, 0.1) is 0 Å². The fourth-order valence-electron chi connectivity index (χ4n) is 1.82. The van der Waals surface area contributed by atoms with Crippen molar-refractivity contribution in [1.29, 1.82) is 0 Å². The second kappa shape index (κ2) is 8.42. The lowest BCUT2D eigenvalue weighted by Gasteiger charge is -2.07. The summed E-state index contributed by atoms with van der Waals surface area (Å²) in [6, 6.07) is 12.8. The van der Waals surface area contributed by atoms with E-state index in [2.05, 4.69) is 15.0 Å². The first-order valence-electron chi connectivity index (χ1n) is 7.31. The van der Waals surface area contributed by atoms with Crippen molar-refractivity contribution >= 4 is 15.9 Å². The normalized spacial score (nSPS) is 11.0. The van der Waals surface area contributed by atoms with E-state index in [1.165, 1.54) is 0 Å². The van der Waals surface area contributed by atoms with E-state index in [0.717, 1.165) is 11.8 Å². The predicted octanol–water partition coefficient (Wildman–Crippen LogP) is 1.43. The second-order valence-electron chi connectivity index (χ2n) is 5.11. The average Bonchev–Trinajstić information content (AvgIpc) is 2.54. The minimum Gasteiger partial charge on any atom is -0.439 e. The molecule has 0 atom stereocenters. The molecule has 0 aliphatic rings. The van der Waals surface area contributed by atoms with E-state index in [1.807, 2.05) is 30.3 Å². The largest absolute Gasteiger partial charge is 0.439 e. The first kappa shape index (κ1) is 17.9. The number of rotatable bonds is 8. The number of hydrogen-bond donors (Lipinski definition) is 2. The Morgan fingerprint density at radius 1 is 1.17 bits per heavy atom. The van der Waals surface area contributed by atoms with Crippen LogP contribution in [-0.4, -0.2) is 32.1 Å². The molecule has 0 saturated heterocycles. The van der Waals surface area contributed by atoms with E-state index in [9.17, 15) is 13.2 Å². The van der Waals surface area contributed by atoms with Crippen LogP contribution in [0.25, 0.3) is 0 Å². The van der Waals surface area contributed by atoms with Gasteiger partial charge in [0, 0.05) is 31.8 Å². The van der Waals surface area contributed by atoms with Gasteiger partial charge >= 0.3 is 0 Å². The average molecular weight is 349 g/mol. The number of amides is 1. The molecule has 0 aliphatic carbocycles. The highest BCUT2D eigenvalue weighted by Crippen LogP contribution is 2.18. The zero-order valence-corrected chi connectivity index (χ0v) is 14.0. The molecule has 0 saturated carbocycles. The SMILES string of the molecule is CS(=O)(=O)NCCC(=O)NCc1ccc(Oc2ccccc2)nc1. The molecule has 2 N–H and O–H groups in total. The van der Waals surface area contributed by atoms with Gasteiger partial charge in [0.15, 0.2) is 0 Å². The van der Waals surface area contributed by atoms with Gasteiger partial charge in [-0.1, -0.05) is 24.3 Å². The maximum absolute atomic E-state index is 11.6. The van der Waals surface area contributed by atoms with Crippen molar-refractivity contribution in [1.82, 2.24) is 15.0 Å². The lowest BCUT2D eigenvalue weighted by Crippen LogP contribution is -2.29. The first-order valence-corrected chi connectivity index (χ1v) is 9.21. The highest BCUT2D eigenvalue weighted by molar-refractivity contribution is 7.88. The van der Waals surface area contributed by atoms with E-state index in [4.69, 9.17) is 4.74 Å². The number of hydrogen-bond acceptors (Lipinski definition) is 5. The molecule has 0 spiro atoms. The summed E-state index contributed by atoms with van der Waals surface area (Å²) in [5, 5.41) is 2.70. The minimum absolute atomic E-state index is 0.0762. The summed E-state index contributed by atoms with van der Waals surface area (Å²) in [4.78, 5) is 15.8. The van der Waals surface area contributed by atoms with Crippen molar-refractivity contribution in [3.8, 4) is 11.6 Å². The Hall–Kier alpha value is -2.45. The maximum atomic E-state index is 11.6. The molecule has 0 radical (unpaired) electrons. The van der Waals surface area contributed by atoms with Gasteiger partial charge in [-0.3, -0.25) is 4.79 Å². The van der Waals surface area contributed by atoms with E-state index in [-0.39, 0.29) is 18.9 Å². The number of benzene rings is 1. The third-order valence-corrected chi connectivity index (χ3v) is 3.70. The molecule has 8 heteroatoms. The van der Waals surface area contributed by atoms with Crippen LogP contribution >= 0.6 is 0 Å². The Morgan fingerprint density at radius 3 is 2.54 bits per heavy atom. The molecule has 7 nitrogen and oxygen atoms in total. The molecule has 1 amide bonds. The summed E-state index contributed by atoms with van der Waals surface area (Å²) in [5.41, 5.74) is 0.819. The zero-order valence-electron chi connectivity index (χ0n) is 13.2. The molecule has 1 heterocycles. The summed E-state index contributed by atoms with van der Waals surface area (Å²) in [7, 11) is -3.27. The van der Waals surface area contributed by atoms with Gasteiger partial charge in [-0.25, -0.2) is 18.1 Å². The minimum atomic E-state index is -3.27. The van der Waals surface area contributed by atoms with Crippen LogP contribution in [0.5, 0.6) is 11.6 Å². The number of nitrogens with zero attached hydrogens (tertiary/aromatic N) is 1. The third-order valence-electron chi connectivity index (χ3n) is 2.97. The fourth-order valence-corrected chi connectivity index (χ4v) is 2.30. The monoisotopic (exact) mass is 349 g/mol. The van der Waals surface area contributed by atoms with Crippen molar-refractivity contribution in [3.63, 3.8) is 0 Å². The Balaban J connectivity index is 1.76. The first-order chi connectivity index (χ1) is 11.4. The Kier molecular flexibility index (Phi) is 6.28. The lowest BCUT2D eigenvalue weighted by molar-refractivity contribution is -0.121. The standard InChI is InChI=1S/C16H19N3O4S/c1-24(21,22)19-10-9-15(20)17-11-13-7-8-16(18-12-13)23-14-5-3-2-4-6-14/h2-8,12,19H,9-11H2,1H3,(H,17,20). The molecule has 2 aromatic rings. The number of sulfonamides is 1. The van der Waals surface area contributed by atoms with Gasteiger partial charge < -0.3 is 10.1 Å². The van der Waals surface area contributed by atoms with Gasteiger partial charge in [-0.15, -0.1) is 0 Å². The van der Waals surface area contributed by atoms with Crippen LogP contribution in [-0.2, 0) is 21.4 Å². The van der Waals surface area contributed by atoms with Crippen molar-refractivity contribution in [2.45, 2.75) is 13.0 Å². The molecule has 1 aromatic heterocycles. The Labute approximate surface area is 141 Å². The molecule has 0 unspecified atom stereocenters. The number of nitrogens with one attached hydrogen (secondary N) is 2. The quantitative estimate of drug-likeness (QED) is 0.751. The van der Waals surface area contributed by atoms with Crippen LogP contribution in [0.1, 0.15) is 12.0 Å².